The summed E-state index contributed by atoms with van der Waals surface area (Å²) in [7, 11) is 0. The molecule has 1 fully saturated rings. The molecule has 23 heavy (non-hydrogen) atoms. The predicted octanol–water partition coefficient (Wildman–Crippen LogP) is 6.07. The van der Waals surface area contributed by atoms with Crippen molar-refractivity contribution in [1.29, 1.82) is 0 Å². The number of rotatable bonds is 4. The summed E-state index contributed by atoms with van der Waals surface area (Å²) < 4.78 is 1.22. The molecule has 0 heterocycles. The number of halogens is 1. The van der Waals surface area contributed by atoms with Crippen molar-refractivity contribution < 1.29 is 0 Å². The van der Waals surface area contributed by atoms with Crippen LogP contribution in [-0.2, 0) is 13.0 Å². The zero-order valence-electron chi connectivity index (χ0n) is 13.7. The van der Waals surface area contributed by atoms with Crippen molar-refractivity contribution in [2.24, 2.45) is 16.8 Å². The van der Waals surface area contributed by atoms with Gasteiger partial charge >= 0.3 is 0 Å². The number of benzene rings is 2. The molecule has 1 aliphatic rings. The quantitative estimate of drug-likeness (QED) is 0.619. The molecular weight excluding hydrogens is 346 g/mol. The van der Waals surface area contributed by atoms with Crippen LogP contribution in [0.1, 0.15) is 37.3 Å². The summed E-state index contributed by atoms with van der Waals surface area (Å²) in [5, 5.41) is 0. The molecule has 0 bridgehead atoms. The average molecular weight is 370 g/mol. The van der Waals surface area contributed by atoms with E-state index in [0.717, 1.165) is 25.3 Å². The van der Waals surface area contributed by atoms with Gasteiger partial charge in [0.1, 0.15) is 0 Å². The van der Waals surface area contributed by atoms with E-state index >= 15 is 0 Å². The van der Waals surface area contributed by atoms with Gasteiger partial charge in [0.25, 0.3) is 0 Å². The van der Waals surface area contributed by atoms with Gasteiger partial charge < -0.3 is 0 Å². The molecule has 1 aliphatic carbocycles. The van der Waals surface area contributed by atoms with Crippen molar-refractivity contribution in [3.05, 3.63) is 70.2 Å². The largest absolute Gasteiger partial charge is 0.289 e. The maximum atomic E-state index is 5.00. The minimum atomic E-state index is 0.584. The van der Waals surface area contributed by atoms with E-state index in [0.29, 0.717) is 5.92 Å². The maximum absolute atomic E-state index is 5.00. The molecule has 2 aromatic rings. The third kappa shape index (κ3) is 4.54. The molecule has 1 nitrogen and oxygen atoms in total. The minimum absolute atomic E-state index is 0.584. The molecule has 0 amide bonds. The second kappa shape index (κ2) is 7.92. The van der Waals surface area contributed by atoms with Crippen molar-refractivity contribution in [3.8, 4) is 0 Å². The van der Waals surface area contributed by atoms with Crippen LogP contribution in [0.5, 0.6) is 0 Å². The van der Waals surface area contributed by atoms with E-state index in [-0.39, 0.29) is 0 Å². The molecule has 3 rings (SSSR count). The van der Waals surface area contributed by atoms with Crippen LogP contribution in [-0.4, -0.2) is 5.71 Å². The first-order valence-corrected chi connectivity index (χ1v) is 9.32. The molecule has 120 valence electrons. The molecule has 2 aromatic carbocycles. The fourth-order valence-electron chi connectivity index (χ4n) is 3.45. The molecule has 1 saturated carbocycles. The molecule has 0 aromatic heterocycles. The first-order chi connectivity index (χ1) is 11.2. The third-order valence-electron chi connectivity index (χ3n) is 4.78. The second-order valence-electron chi connectivity index (χ2n) is 6.67. The molecular formula is C21H24BrN. The zero-order valence-corrected chi connectivity index (χ0v) is 15.3. The highest BCUT2D eigenvalue weighted by Gasteiger charge is 2.25. The van der Waals surface area contributed by atoms with Gasteiger partial charge in [-0.05, 0) is 48.8 Å². The Balaban J connectivity index is 1.75. The fourth-order valence-corrected chi connectivity index (χ4v) is 3.90. The summed E-state index contributed by atoms with van der Waals surface area (Å²) >= 11 is 3.69. The molecule has 2 unspecified atom stereocenters. The minimum Gasteiger partial charge on any atom is -0.289 e. The molecule has 2 atom stereocenters. The first-order valence-electron chi connectivity index (χ1n) is 8.53. The van der Waals surface area contributed by atoms with Crippen LogP contribution in [0.2, 0.25) is 0 Å². The van der Waals surface area contributed by atoms with Gasteiger partial charge in [-0.15, -0.1) is 0 Å². The Kier molecular flexibility index (Phi) is 5.66. The summed E-state index contributed by atoms with van der Waals surface area (Å²) in [5.41, 5.74) is 4.12. The Morgan fingerprint density at radius 1 is 1.04 bits per heavy atom. The van der Waals surface area contributed by atoms with E-state index in [1.807, 2.05) is 0 Å². The van der Waals surface area contributed by atoms with E-state index in [1.165, 1.54) is 34.2 Å². The van der Waals surface area contributed by atoms with Crippen LogP contribution in [0.25, 0.3) is 0 Å². The SMILES string of the molecule is CC1CCC(=NCc2ccccc2)C(Cc2ccccc2Br)C1. The number of aliphatic imine (C=N–C) groups is 1. The van der Waals surface area contributed by atoms with E-state index in [2.05, 4.69) is 77.5 Å². The van der Waals surface area contributed by atoms with Crippen LogP contribution in [0.15, 0.2) is 64.1 Å². The van der Waals surface area contributed by atoms with Crippen LogP contribution >= 0.6 is 15.9 Å². The Labute approximate surface area is 148 Å². The van der Waals surface area contributed by atoms with Crippen molar-refractivity contribution in [2.45, 2.75) is 39.2 Å². The lowest BCUT2D eigenvalue weighted by Gasteiger charge is -2.29. The second-order valence-corrected chi connectivity index (χ2v) is 7.52. The third-order valence-corrected chi connectivity index (χ3v) is 5.56. The van der Waals surface area contributed by atoms with Crippen LogP contribution < -0.4 is 0 Å². The monoisotopic (exact) mass is 369 g/mol. The Morgan fingerprint density at radius 3 is 2.57 bits per heavy atom. The summed E-state index contributed by atoms with van der Waals surface area (Å²) in [6.07, 6.45) is 4.79. The van der Waals surface area contributed by atoms with Gasteiger partial charge in [0, 0.05) is 16.1 Å². The Morgan fingerprint density at radius 2 is 1.78 bits per heavy atom. The maximum Gasteiger partial charge on any atom is 0.0639 e. The molecule has 0 radical (unpaired) electrons. The van der Waals surface area contributed by atoms with Crippen LogP contribution in [0.3, 0.4) is 0 Å². The van der Waals surface area contributed by atoms with Crippen molar-refractivity contribution >= 4 is 21.6 Å². The normalized spacial score (nSPS) is 23.1. The van der Waals surface area contributed by atoms with Crippen LogP contribution in [0.4, 0.5) is 0 Å². The van der Waals surface area contributed by atoms with E-state index in [1.54, 1.807) is 0 Å². The average Bonchev–Trinajstić information content (AvgIpc) is 2.57. The van der Waals surface area contributed by atoms with Gasteiger partial charge in [0.05, 0.1) is 6.54 Å². The molecule has 2 heteroatoms. The first kappa shape index (κ1) is 16.4. The molecule has 0 aliphatic heterocycles. The highest BCUT2D eigenvalue weighted by Crippen LogP contribution is 2.31. The van der Waals surface area contributed by atoms with E-state index < -0.39 is 0 Å². The van der Waals surface area contributed by atoms with Gasteiger partial charge in [-0.1, -0.05) is 71.4 Å². The smallest absolute Gasteiger partial charge is 0.0639 e. The van der Waals surface area contributed by atoms with Gasteiger partial charge in [-0.3, -0.25) is 4.99 Å². The van der Waals surface area contributed by atoms with E-state index in [9.17, 15) is 0 Å². The standard InChI is InChI=1S/C21H24BrN/c1-16-11-12-21(23-15-17-7-3-2-4-8-17)19(13-16)14-18-9-5-6-10-20(18)22/h2-10,16,19H,11-15H2,1H3. The molecule has 0 N–H and O–H groups in total. The van der Waals surface area contributed by atoms with Crippen LogP contribution in [0, 0.1) is 11.8 Å². The van der Waals surface area contributed by atoms with Crippen molar-refractivity contribution in [2.75, 3.05) is 0 Å². The summed E-state index contributed by atoms with van der Waals surface area (Å²) in [5.74, 6) is 1.39. The Bertz CT molecular complexity index is 663. The molecule has 0 spiro atoms. The molecule has 0 saturated heterocycles. The highest BCUT2D eigenvalue weighted by atomic mass is 79.9. The number of hydrogen-bond donors (Lipinski definition) is 0. The Hall–Kier alpha value is -1.41. The van der Waals surface area contributed by atoms with Gasteiger partial charge in [-0.2, -0.15) is 0 Å². The lowest BCUT2D eigenvalue weighted by molar-refractivity contribution is 0.401. The number of nitrogens with zero attached hydrogens (tertiary/aromatic N) is 1. The predicted molar refractivity (Wildman–Crippen MR) is 102 cm³/mol. The fraction of sp³-hybridized carbons (Fsp3) is 0.381. The van der Waals surface area contributed by atoms with E-state index in [4.69, 9.17) is 4.99 Å². The number of hydrogen-bond acceptors (Lipinski definition) is 1. The highest BCUT2D eigenvalue weighted by molar-refractivity contribution is 9.10. The summed E-state index contributed by atoms with van der Waals surface area (Å²) in [6.45, 7) is 3.19. The topological polar surface area (TPSA) is 12.4 Å². The van der Waals surface area contributed by atoms with Crippen molar-refractivity contribution in [3.63, 3.8) is 0 Å². The summed E-state index contributed by atoms with van der Waals surface area (Å²) in [6, 6.07) is 19.2. The van der Waals surface area contributed by atoms with Gasteiger partial charge in [0.2, 0.25) is 0 Å². The van der Waals surface area contributed by atoms with Gasteiger partial charge in [0.15, 0.2) is 0 Å². The zero-order chi connectivity index (χ0) is 16.1. The lowest BCUT2D eigenvalue weighted by atomic mass is 9.78. The van der Waals surface area contributed by atoms with Crippen molar-refractivity contribution in [1.82, 2.24) is 0 Å². The lowest BCUT2D eigenvalue weighted by Crippen LogP contribution is -2.26. The summed E-state index contributed by atoms with van der Waals surface area (Å²) in [4.78, 5) is 5.00. The van der Waals surface area contributed by atoms with Gasteiger partial charge in [-0.25, -0.2) is 0 Å².